The Bertz CT molecular complexity index is 574. The monoisotopic (exact) mass is 286 g/mol. The molecule has 0 bridgehead atoms. The predicted octanol–water partition coefficient (Wildman–Crippen LogP) is 2.76. The Morgan fingerprint density at radius 2 is 2.14 bits per heavy atom. The number of aryl methyl sites for hydroxylation is 1. The number of hydrogen-bond donors (Lipinski definition) is 1. The minimum absolute atomic E-state index is 0.0807. The number of hydrogen-bond acceptors (Lipinski definition) is 4. The van der Waals surface area contributed by atoms with Gasteiger partial charge in [-0.3, -0.25) is 4.79 Å². The van der Waals surface area contributed by atoms with Gasteiger partial charge in [-0.05, 0) is 36.2 Å². The number of carbonyl (C=O) groups is 1. The largest absolute Gasteiger partial charge is 0.484 e. The summed E-state index contributed by atoms with van der Waals surface area (Å²) in [7, 11) is 0. The highest BCUT2D eigenvalue weighted by atomic mass is 16.5. The van der Waals surface area contributed by atoms with Crippen LogP contribution in [0.5, 0.6) is 5.75 Å². The van der Waals surface area contributed by atoms with Crippen molar-refractivity contribution in [1.82, 2.24) is 5.43 Å². The quantitative estimate of drug-likeness (QED) is 0.629. The van der Waals surface area contributed by atoms with Gasteiger partial charge in [-0.25, -0.2) is 5.43 Å². The Kier molecular flexibility index (Phi) is 5.58. The number of furan rings is 1. The van der Waals surface area contributed by atoms with Gasteiger partial charge in [-0.15, -0.1) is 0 Å². The molecule has 0 spiro atoms. The van der Waals surface area contributed by atoms with Gasteiger partial charge in [0.2, 0.25) is 0 Å². The van der Waals surface area contributed by atoms with E-state index in [1.807, 2.05) is 24.3 Å². The summed E-state index contributed by atoms with van der Waals surface area (Å²) >= 11 is 0. The van der Waals surface area contributed by atoms with Gasteiger partial charge in [0.25, 0.3) is 5.91 Å². The van der Waals surface area contributed by atoms with E-state index in [4.69, 9.17) is 9.15 Å². The van der Waals surface area contributed by atoms with Crippen LogP contribution in [0.2, 0.25) is 0 Å². The van der Waals surface area contributed by atoms with Gasteiger partial charge in [0.05, 0.1) is 12.5 Å². The molecule has 0 saturated carbocycles. The molecule has 0 atom stereocenters. The maximum absolute atomic E-state index is 11.5. The van der Waals surface area contributed by atoms with E-state index in [-0.39, 0.29) is 12.5 Å². The number of benzene rings is 1. The minimum atomic E-state index is -0.324. The second-order valence-corrected chi connectivity index (χ2v) is 4.49. The highest BCUT2D eigenvalue weighted by molar-refractivity contribution is 5.81. The summed E-state index contributed by atoms with van der Waals surface area (Å²) in [6, 6.07) is 11.2. The second-order valence-electron chi connectivity index (χ2n) is 4.49. The fourth-order valence-electron chi connectivity index (χ4n) is 1.75. The number of ether oxygens (including phenoxy) is 1. The van der Waals surface area contributed by atoms with Crippen LogP contribution in [0.15, 0.2) is 52.2 Å². The van der Waals surface area contributed by atoms with Crippen molar-refractivity contribution in [1.29, 1.82) is 0 Å². The van der Waals surface area contributed by atoms with E-state index in [0.717, 1.165) is 12.8 Å². The Hall–Kier alpha value is -2.56. The van der Waals surface area contributed by atoms with Crippen molar-refractivity contribution in [3.05, 3.63) is 54.0 Å². The van der Waals surface area contributed by atoms with Crippen molar-refractivity contribution in [2.45, 2.75) is 19.8 Å². The molecule has 0 aliphatic heterocycles. The molecule has 0 fully saturated rings. The zero-order valence-corrected chi connectivity index (χ0v) is 11.9. The molecule has 1 N–H and O–H groups in total. The molecule has 2 rings (SSSR count). The molecule has 1 heterocycles. The van der Waals surface area contributed by atoms with E-state index in [9.17, 15) is 4.79 Å². The van der Waals surface area contributed by atoms with Gasteiger partial charge in [0, 0.05) is 0 Å². The van der Waals surface area contributed by atoms with Crippen molar-refractivity contribution in [2.75, 3.05) is 6.61 Å². The first kappa shape index (κ1) is 14.8. The maximum atomic E-state index is 11.5. The zero-order valence-electron chi connectivity index (χ0n) is 11.9. The molecule has 0 unspecified atom stereocenters. The van der Waals surface area contributed by atoms with E-state index >= 15 is 0 Å². The third-order valence-corrected chi connectivity index (χ3v) is 2.76. The molecule has 0 aliphatic rings. The van der Waals surface area contributed by atoms with E-state index < -0.39 is 0 Å². The zero-order chi connectivity index (χ0) is 14.9. The van der Waals surface area contributed by atoms with Gasteiger partial charge >= 0.3 is 0 Å². The molecule has 1 aromatic heterocycles. The van der Waals surface area contributed by atoms with Gasteiger partial charge in [-0.1, -0.05) is 25.5 Å². The molecule has 0 radical (unpaired) electrons. The molecule has 5 nitrogen and oxygen atoms in total. The third kappa shape index (κ3) is 5.14. The lowest BCUT2D eigenvalue weighted by molar-refractivity contribution is -0.123. The van der Waals surface area contributed by atoms with Crippen molar-refractivity contribution < 1.29 is 13.9 Å². The topological polar surface area (TPSA) is 63.8 Å². The van der Waals surface area contributed by atoms with Crippen LogP contribution in [0.4, 0.5) is 0 Å². The van der Waals surface area contributed by atoms with Crippen LogP contribution in [0.25, 0.3) is 0 Å². The van der Waals surface area contributed by atoms with Gasteiger partial charge in [0.1, 0.15) is 11.5 Å². The highest BCUT2D eigenvalue weighted by Crippen LogP contribution is 2.13. The first-order valence-corrected chi connectivity index (χ1v) is 6.85. The third-order valence-electron chi connectivity index (χ3n) is 2.76. The smallest absolute Gasteiger partial charge is 0.277 e. The van der Waals surface area contributed by atoms with Crippen LogP contribution < -0.4 is 10.2 Å². The summed E-state index contributed by atoms with van der Waals surface area (Å²) in [5, 5.41) is 3.77. The average molecular weight is 286 g/mol. The second kappa shape index (κ2) is 7.89. The fraction of sp³-hybridized carbons (Fsp3) is 0.250. The van der Waals surface area contributed by atoms with Gasteiger partial charge in [-0.2, -0.15) is 5.10 Å². The molecular formula is C16H18N2O3. The van der Waals surface area contributed by atoms with Crippen LogP contribution in [0.1, 0.15) is 24.7 Å². The number of carbonyl (C=O) groups excluding carboxylic acids is 1. The van der Waals surface area contributed by atoms with Crippen molar-refractivity contribution in [3.8, 4) is 5.75 Å². The summed E-state index contributed by atoms with van der Waals surface area (Å²) < 4.78 is 10.4. The lowest BCUT2D eigenvalue weighted by Crippen LogP contribution is -2.24. The van der Waals surface area contributed by atoms with E-state index in [2.05, 4.69) is 17.5 Å². The molecule has 2 aromatic rings. The Balaban J connectivity index is 1.73. The van der Waals surface area contributed by atoms with Crippen LogP contribution in [0.3, 0.4) is 0 Å². The van der Waals surface area contributed by atoms with Crippen molar-refractivity contribution in [3.63, 3.8) is 0 Å². The number of amides is 1. The minimum Gasteiger partial charge on any atom is -0.484 e. The number of rotatable bonds is 7. The Morgan fingerprint density at radius 1 is 1.33 bits per heavy atom. The Labute approximate surface area is 123 Å². The lowest BCUT2D eigenvalue weighted by atomic mass is 10.1. The van der Waals surface area contributed by atoms with Gasteiger partial charge < -0.3 is 9.15 Å². The van der Waals surface area contributed by atoms with Crippen molar-refractivity contribution >= 4 is 12.1 Å². The maximum Gasteiger partial charge on any atom is 0.277 e. The van der Waals surface area contributed by atoms with Crippen LogP contribution >= 0.6 is 0 Å². The highest BCUT2D eigenvalue weighted by Gasteiger charge is 2.01. The Morgan fingerprint density at radius 3 is 2.81 bits per heavy atom. The van der Waals surface area contributed by atoms with Crippen LogP contribution in [-0.4, -0.2) is 18.7 Å². The van der Waals surface area contributed by atoms with Crippen molar-refractivity contribution in [2.24, 2.45) is 5.10 Å². The molecule has 0 saturated heterocycles. The van der Waals surface area contributed by atoms with E-state index in [1.54, 1.807) is 12.1 Å². The molecule has 1 aromatic carbocycles. The van der Waals surface area contributed by atoms with E-state index in [1.165, 1.54) is 18.0 Å². The first-order chi connectivity index (χ1) is 10.3. The number of nitrogens with zero attached hydrogens (tertiary/aromatic N) is 1. The average Bonchev–Trinajstić information content (AvgIpc) is 3.00. The first-order valence-electron chi connectivity index (χ1n) is 6.85. The number of hydrazone groups is 1. The standard InChI is InChI=1S/C16H18N2O3/c1-2-4-13-6-8-14(9-7-13)21-12-16(19)18-17-11-15-5-3-10-20-15/h3,5-11H,2,4,12H2,1H3,(H,18,19)/b17-11+. The number of nitrogens with one attached hydrogen (secondary N) is 1. The fourth-order valence-corrected chi connectivity index (χ4v) is 1.75. The summed E-state index contributed by atoms with van der Waals surface area (Å²) in [6.45, 7) is 2.06. The SMILES string of the molecule is CCCc1ccc(OCC(=O)N/N=C/c2ccco2)cc1. The molecular weight excluding hydrogens is 268 g/mol. The molecule has 0 aliphatic carbocycles. The lowest BCUT2D eigenvalue weighted by Gasteiger charge is -2.05. The van der Waals surface area contributed by atoms with Crippen LogP contribution in [0, 0.1) is 0 Å². The normalized spacial score (nSPS) is 10.7. The molecule has 5 heteroatoms. The molecule has 21 heavy (non-hydrogen) atoms. The predicted molar refractivity (Wildman–Crippen MR) is 80.4 cm³/mol. The summed E-state index contributed by atoms with van der Waals surface area (Å²) in [5.41, 5.74) is 3.63. The van der Waals surface area contributed by atoms with Crippen LogP contribution in [-0.2, 0) is 11.2 Å². The summed E-state index contributed by atoms with van der Waals surface area (Å²) in [4.78, 5) is 11.5. The summed E-state index contributed by atoms with van der Waals surface area (Å²) in [5.74, 6) is 0.915. The van der Waals surface area contributed by atoms with E-state index in [0.29, 0.717) is 11.5 Å². The summed E-state index contributed by atoms with van der Waals surface area (Å²) in [6.07, 6.45) is 5.12. The van der Waals surface area contributed by atoms with Gasteiger partial charge in [0.15, 0.2) is 6.61 Å². The molecule has 1 amide bonds. The molecule has 110 valence electrons.